The van der Waals surface area contributed by atoms with Crippen LogP contribution in [-0.4, -0.2) is 73.2 Å². The first kappa shape index (κ1) is 17.4. The molecule has 1 amide bonds. The van der Waals surface area contributed by atoms with Crippen molar-refractivity contribution in [1.29, 1.82) is 0 Å². The van der Waals surface area contributed by atoms with E-state index in [1.165, 1.54) is 0 Å². The first-order valence-corrected chi connectivity index (χ1v) is 7.00. The summed E-state index contributed by atoms with van der Waals surface area (Å²) in [6.07, 6.45) is -0.896. The Morgan fingerprint density at radius 2 is 1.86 bits per heavy atom. The van der Waals surface area contributed by atoms with Gasteiger partial charge in [0.2, 0.25) is 6.10 Å². The summed E-state index contributed by atoms with van der Waals surface area (Å²) in [6, 6.07) is 0. The van der Waals surface area contributed by atoms with E-state index >= 15 is 0 Å². The van der Waals surface area contributed by atoms with Gasteiger partial charge in [0, 0.05) is 32.7 Å². The van der Waals surface area contributed by atoms with Crippen LogP contribution < -0.4 is 0 Å². The molecule has 0 saturated heterocycles. The second-order valence-electron chi connectivity index (χ2n) is 4.36. The number of hydrogen-bond donors (Lipinski definition) is 1. The minimum atomic E-state index is -1.17. The molecule has 1 unspecified atom stereocenters. The van der Waals surface area contributed by atoms with Crippen LogP contribution in [0, 0.1) is 0 Å². The molecule has 120 valence electrons. The van der Waals surface area contributed by atoms with Crippen molar-refractivity contribution in [2.24, 2.45) is 5.16 Å². The molecule has 0 saturated carbocycles. The minimum absolute atomic E-state index is 0.0199. The third-order valence-corrected chi connectivity index (χ3v) is 2.92. The van der Waals surface area contributed by atoms with Crippen molar-refractivity contribution in [3.8, 4) is 0 Å². The van der Waals surface area contributed by atoms with Crippen molar-refractivity contribution < 1.29 is 29.0 Å². The lowest BCUT2D eigenvalue weighted by molar-refractivity contribution is -0.143. The van der Waals surface area contributed by atoms with Gasteiger partial charge in [-0.25, -0.2) is 4.79 Å². The standard InChI is InChI=1S/C13H22N2O6/c1-3-19-7-5-15(6-8-20-4-2)12(16)11-9-10(13(17)18)14-21-11/h11H,3-9H2,1-2H3,(H,17,18). The third kappa shape index (κ3) is 5.68. The Morgan fingerprint density at radius 3 is 2.29 bits per heavy atom. The molecule has 0 aromatic heterocycles. The maximum atomic E-state index is 12.3. The van der Waals surface area contributed by atoms with E-state index in [2.05, 4.69) is 5.16 Å². The second-order valence-corrected chi connectivity index (χ2v) is 4.36. The molecule has 1 rings (SSSR count). The monoisotopic (exact) mass is 302 g/mol. The van der Waals surface area contributed by atoms with Gasteiger partial charge in [-0.15, -0.1) is 0 Å². The number of carboxylic acids is 1. The van der Waals surface area contributed by atoms with Gasteiger partial charge in [-0.3, -0.25) is 4.79 Å². The van der Waals surface area contributed by atoms with Gasteiger partial charge in [0.05, 0.1) is 13.2 Å². The van der Waals surface area contributed by atoms with Gasteiger partial charge in [0.15, 0.2) is 5.71 Å². The van der Waals surface area contributed by atoms with Crippen LogP contribution in [0.1, 0.15) is 20.3 Å². The lowest BCUT2D eigenvalue weighted by Gasteiger charge is -2.24. The molecular weight excluding hydrogens is 280 g/mol. The number of nitrogens with zero attached hydrogens (tertiary/aromatic N) is 2. The van der Waals surface area contributed by atoms with Crippen LogP contribution >= 0.6 is 0 Å². The molecule has 1 aliphatic heterocycles. The number of rotatable bonds is 10. The van der Waals surface area contributed by atoms with Crippen molar-refractivity contribution in [1.82, 2.24) is 4.90 Å². The molecule has 0 aliphatic carbocycles. The molecule has 0 aromatic carbocycles. The molecule has 8 nitrogen and oxygen atoms in total. The minimum Gasteiger partial charge on any atom is -0.477 e. The summed E-state index contributed by atoms with van der Waals surface area (Å²) < 4.78 is 10.5. The number of oxime groups is 1. The summed E-state index contributed by atoms with van der Waals surface area (Å²) >= 11 is 0. The van der Waals surface area contributed by atoms with Crippen LogP contribution in [0.15, 0.2) is 5.16 Å². The molecule has 1 N–H and O–H groups in total. The van der Waals surface area contributed by atoms with Crippen LogP contribution in [-0.2, 0) is 23.9 Å². The summed E-state index contributed by atoms with van der Waals surface area (Å²) in [7, 11) is 0. The van der Waals surface area contributed by atoms with E-state index in [0.717, 1.165) is 0 Å². The zero-order chi connectivity index (χ0) is 15.7. The Balaban J connectivity index is 2.52. The Labute approximate surface area is 123 Å². The van der Waals surface area contributed by atoms with Gasteiger partial charge in [-0.1, -0.05) is 5.16 Å². The van der Waals surface area contributed by atoms with E-state index in [0.29, 0.717) is 39.5 Å². The fourth-order valence-electron chi connectivity index (χ4n) is 1.81. The molecule has 0 spiro atoms. The maximum absolute atomic E-state index is 12.3. The molecule has 8 heteroatoms. The molecule has 21 heavy (non-hydrogen) atoms. The third-order valence-electron chi connectivity index (χ3n) is 2.92. The van der Waals surface area contributed by atoms with E-state index in [-0.39, 0.29) is 18.0 Å². The second kappa shape index (κ2) is 9.30. The van der Waals surface area contributed by atoms with Gasteiger partial charge in [0.1, 0.15) is 0 Å². The molecule has 0 aromatic rings. The summed E-state index contributed by atoms with van der Waals surface area (Å²) in [4.78, 5) is 29.6. The zero-order valence-electron chi connectivity index (χ0n) is 12.4. The Bertz CT molecular complexity index is 375. The number of hydrogen-bond acceptors (Lipinski definition) is 6. The van der Waals surface area contributed by atoms with E-state index in [9.17, 15) is 9.59 Å². The topological polar surface area (TPSA) is 97.7 Å². The summed E-state index contributed by atoms with van der Waals surface area (Å²) in [5.41, 5.74) is -0.136. The SMILES string of the molecule is CCOCCN(CCOCC)C(=O)C1CC(C(=O)O)=NO1. The highest BCUT2D eigenvalue weighted by atomic mass is 16.6. The summed E-state index contributed by atoms with van der Waals surface area (Å²) in [6.45, 7) is 6.52. The first-order chi connectivity index (χ1) is 10.1. The van der Waals surface area contributed by atoms with E-state index < -0.39 is 12.1 Å². The van der Waals surface area contributed by atoms with Crippen LogP contribution in [0.5, 0.6) is 0 Å². The summed E-state index contributed by atoms with van der Waals surface area (Å²) in [5.74, 6) is -1.46. The number of aliphatic carboxylic acids is 1. The fourth-order valence-corrected chi connectivity index (χ4v) is 1.81. The van der Waals surface area contributed by atoms with E-state index in [1.54, 1.807) is 4.90 Å². The predicted molar refractivity (Wildman–Crippen MR) is 74.1 cm³/mol. The Kier molecular flexibility index (Phi) is 7.70. The lowest BCUT2D eigenvalue weighted by Crippen LogP contribution is -2.43. The molecule has 1 aliphatic rings. The molecule has 0 radical (unpaired) electrons. The number of carboxylic acid groups (broad SMARTS) is 1. The average molecular weight is 302 g/mol. The van der Waals surface area contributed by atoms with Crippen LogP contribution in [0.2, 0.25) is 0 Å². The van der Waals surface area contributed by atoms with Crippen molar-refractivity contribution in [2.75, 3.05) is 39.5 Å². The Hall–Kier alpha value is -1.67. The van der Waals surface area contributed by atoms with Crippen molar-refractivity contribution in [3.63, 3.8) is 0 Å². The lowest BCUT2D eigenvalue weighted by atomic mass is 10.1. The van der Waals surface area contributed by atoms with E-state index in [4.69, 9.17) is 19.4 Å². The van der Waals surface area contributed by atoms with Gasteiger partial charge in [-0.05, 0) is 13.8 Å². The molecular formula is C13H22N2O6. The molecule has 0 fully saturated rings. The first-order valence-electron chi connectivity index (χ1n) is 7.00. The van der Waals surface area contributed by atoms with Gasteiger partial charge >= 0.3 is 5.97 Å². The van der Waals surface area contributed by atoms with Crippen LogP contribution in [0.25, 0.3) is 0 Å². The smallest absolute Gasteiger partial charge is 0.353 e. The number of carbonyl (C=O) groups excluding carboxylic acids is 1. The fraction of sp³-hybridized carbons (Fsp3) is 0.769. The highest BCUT2D eigenvalue weighted by Crippen LogP contribution is 2.13. The van der Waals surface area contributed by atoms with Crippen LogP contribution in [0.4, 0.5) is 0 Å². The predicted octanol–water partition coefficient (Wildman–Crippen LogP) is 0.118. The quantitative estimate of drug-likeness (QED) is 0.576. The van der Waals surface area contributed by atoms with Gasteiger partial charge in [-0.2, -0.15) is 0 Å². The van der Waals surface area contributed by atoms with E-state index in [1.807, 2.05) is 13.8 Å². The average Bonchev–Trinajstić information content (AvgIpc) is 2.95. The molecule has 0 bridgehead atoms. The van der Waals surface area contributed by atoms with Crippen molar-refractivity contribution in [2.45, 2.75) is 26.4 Å². The highest BCUT2D eigenvalue weighted by molar-refractivity contribution is 6.36. The highest BCUT2D eigenvalue weighted by Gasteiger charge is 2.34. The zero-order valence-corrected chi connectivity index (χ0v) is 12.4. The van der Waals surface area contributed by atoms with Crippen molar-refractivity contribution >= 4 is 17.6 Å². The Morgan fingerprint density at radius 1 is 1.29 bits per heavy atom. The van der Waals surface area contributed by atoms with Crippen LogP contribution in [0.3, 0.4) is 0 Å². The number of carbonyl (C=O) groups is 2. The normalized spacial score (nSPS) is 17.2. The van der Waals surface area contributed by atoms with Crippen molar-refractivity contribution in [3.05, 3.63) is 0 Å². The number of amides is 1. The number of ether oxygens (including phenoxy) is 2. The maximum Gasteiger partial charge on any atom is 0.353 e. The summed E-state index contributed by atoms with van der Waals surface area (Å²) in [5, 5.41) is 12.2. The van der Waals surface area contributed by atoms with Gasteiger partial charge in [0.25, 0.3) is 5.91 Å². The van der Waals surface area contributed by atoms with Gasteiger partial charge < -0.3 is 24.3 Å². The molecule has 1 atom stereocenters. The largest absolute Gasteiger partial charge is 0.477 e. The molecule has 1 heterocycles.